The summed E-state index contributed by atoms with van der Waals surface area (Å²) in [6, 6.07) is 12.8. The van der Waals surface area contributed by atoms with Crippen LogP contribution in [0.4, 0.5) is 16.2 Å². The van der Waals surface area contributed by atoms with Gasteiger partial charge in [0.05, 0.1) is 10.5 Å². The van der Waals surface area contributed by atoms with Crippen LogP contribution in [0.2, 0.25) is 0 Å². The number of carbonyl (C=O) groups excluding carboxylic acids is 3. The summed E-state index contributed by atoms with van der Waals surface area (Å²) in [6.45, 7) is 2.42. The number of hydrogen-bond donors (Lipinski definition) is 1. The number of carbonyl (C=O) groups is 3. The van der Waals surface area contributed by atoms with E-state index in [1.54, 1.807) is 24.0 Å². The monoisotopic (exact) mass is 426 g/mol. The Labute approximate surface area is 178 Å². The summed E-state index contributed by atoms with van der Waals surface area (Å²) < 4.78 is 5.03. The van der Waals surface area contributed by atoms with E-state index < -0.39 is 23.4 Å². The van der Waals surface area contributed by atoms with Gasteiger partial charge in [0.2, 0.25) is 0 Å². The number of anilines is 1. The summed E-state index contributed by atoms with van der Waals surface area (Å²) in [5.41, 5.74) is 0.930. The van der Waals surface area contributed by atoms with Gasteiger partial charge in [-0.15, -0.1) is 0 Å². The zero-order valence-corrected chi connectivity index (χ0v) is 16.9. The Morgan fingerprint density at radius 2 is 1.68 bits per heavy atom. The van der Waals surface area contributed by atoms with E-state index in [9.17, 15) is 24.5 Å². The number of benzene rings is 2. The van der Waals surface area contributed by atoms with E-state index in [0.717, 1.165) is 6.07 Å². The molecule has 0 aromatic heterocycles. The molecule has 10 nitrogen and oxygen atoms in total. The predicted octanol–water partition coefficient (Wildman–Crippen LogP) is 2.44. The molecule has 2 aromatic rings. The number of hydrogen-bond acceptors (Lipinski definition) is 6. The molecular weight excluding hydrogens is 404 g/mol. The Balaban J connectivity index is 1.47. The molecule has 0 aliphatic carbocycles. The Bertz CT molecular complexity index is 987. The van der Waals surface area contributed by atoms with Crippen molar-refractivity contribution in [1.82, 2.24) is 9.80 Å². The van der Waals surface area contributed by atoms with Gasteiger partial charge in [-0.3, -0.25) is 14.9 Å². The fraction of sp³-hybridized carbons (Fsp3) is 0.286. The van der Waals surface area contributed by atoms with Crippen molar-refractivity contribution >= 4 is 29.3 Å². The Morgan fingerprint density at radius 3 is 2.32 bits per heavy atom. The normalized spacial score (nSPS) is 13.5. The number of para-hydroxylation sites is 1. The zero-order valence-electron chi connectivity index (χ0n) is 16.9. The van der Waals surface area contributed by atoms with Gasteiger partial charge in [0.15, 0.2) is 6.61 Å². The van der Waals surface area contributed by atoms with E-state index >= 15 is 0 Å². The number of ether oxygens (including phenoxy) is 1. The summed E-state index contributed by atoms with van der Waals surface area (Å²) >= 11 is 0. The summed E-state index contributed by atoms with van der Waals surface area (Å²) in [5.74, 6) is -1.20. The van der Waals surface area contributed by atoms with Crippen LogP contribution in [-0.4, -0.2) is 65.4 Å². The van der Waals surface area contributed by atoms with Crippen LogP contribution in [0.3, 0.4) is 0 Å². The Hall–Kier alpha value is -3.95. The molecular formula is C21H22N4O6. The maximum Gasteiger partial charge on any atom is 0.338 e. The van der Waals surface area contributed by atoms with E-state index in [4.69, 9.17) is 4.74 Å². The molecule has 1 N–H and O–H groups in total. The van der Waals surface area contributed by atoms with Crippen LogP contribution < -0.4 is 5.32 Å². The minimum Gasteiger partial charge on any atom is -0.452 e. The maximum absolute atomic E-state index is 12.4. The van der Waals surface area contributed by atoms with Crippen molar-refractivity contribution in [2.45, 2.75) is 6.92 Å². The largest absolute Gasteiger partial charge is 0.452 e. The number of nitro benzene ring substituents is 1. The van der Waals surface area contributed by atoms with Crippen LogP contribution in [-0.2, 0) is 9.53 Å². The molecule has 1 fully saturated rings. The lowest BCUT2D eigenvalue weighted by atomic mass is 10.1. The molecule has 3 amide bonds. The minimum absolute atomic E-state index is 0.00695. The average molecular weight is 426 g/mol. The molecule has 0 spiro atoms. The molecule has 3 rings (SSSR count). The number of aryl methyl sites for hydroxylation is 1. The molecule has 0 saturated carbocycles. The number of piperazine rings is 1. The molecule has 2 aromatic carbocycles. The summed E-state index contributed by atoms with van der Waals surface area (Å²) in [5, 5.41) is 13.8. The van der Waals surface area contributed by atoms with Crippen LogP contribution in [0.1, 0.15) is 15.9 Å². The first-order valence-electron chi connectivity index (χ1n) is 9.66. The van der Waals surface area contributed by atoms with E-state index in [1.165, 1.54) is 17.0 Å². The van der Waals surface area contributed by atoms with Crippen LogP contribution in [0, 0.1) is 17.0 Å². The second kappa shape index (κ2) is 9.70. The summed E-state index contributed by atoms with van der Waals surface area (Å²) in [7, 11) is 0. The quantitative estimate of drug-likeness (QED) is 0.445. The Kier molecular flexibility index (Phi) is 6.81. The van der Waals surface area contributed by atoms with E-state index in [2.05, 4.69) is 5.32 Å². The van der Waals surface area contributed by atoms with E-state index in [1.807, 2.05) is 18.2 Å². The van der Waals surface area contributed by atoms with Crippen LogP contribution in [0.25, 0.3) is 0 Å². The van der Waals surface area contributed by atoms with Gasteiger partial charge in [0.1, 0.15) is 0 Å². The van der Waals surface area contributed by atoms with Gasteiger partial charge in [0, 0.05) is 43.5 Å². The molecule has 0 unspecified atom stereocenters. The predicted molar refractivity (Wildman–Crippen MR) is 112 cm³/mol. The minimum atomic E-state index is -0.808. The number of nitrogens with zero attached hydrogens (tertiary/aromatic N) is 3. The lowest BCUT2D eigenvalue weighted by Gasteiger charge is -2.34. The molecule has 1 saturated heterocycles. The highest BCUT2D eigenvalue weighted by Gasteiger charge is 2.25. The van der Waals surface area contributed by atoms with Crippen LogP contribution in [0.5, 0.6) is 0 Å². The van der Waals surface area contributed by atoms with Crippen molar-refractivity contribution in [2.75, 3.05) is 38.1 Å². The van der Waals surface area contributed by atoms with Crippen molar-refractivity contribution in [1.29, 1.82) is 0 Å². The maximum atomic E-state index is 12.4. The van der Waals surface area contributed by atoms with Crippen LogP contribution >= 0.6 is 0 Å². The van der Waals surface area contributed by atoms with Gasteiger partial charge >= 0.3 is 12.0 Å². The average Bonchev–Trinajstić information content (AvgIpc) is 2.78. The van der Waals surface area contributed by atoms with Crippen molar-refractivity contribution < 1.29 is 24.0 Å². The number of nitrogens with one attached hydrogen (secondary N) is 1. The molecule has 31 heavy (non-hydrogen) atoms. The van der Waals surface area contributed by atoms with Gasteiger partial charge in [-0.2, -0.15) is 0 Å². The third kappa shape index (κ3) is 5.56. The van der Waals surface area contributed by atoms with Crippen molar-refractivity contribution in [3.63, 3.8) is 0 Å². The first kappa shape index (κ1) is 21.8. The van der Waals surface area contributed by atoms with E-state index in [-0.39, 0.29) is 17.3 Å². The number of amides is 3. The lowest BCUT2D eigenvalue weighted by molar-refractivity contribution is -0.385. The van der Waals surface area contributed by atoms with Crippen molar-refractivity contribution in [3.05, 3.63) is 69.8 Å². The SMILES string of the molecule is Cc1ccc(C(=O)OCC(=O)N2CCN(C(=O)Nc3ccccc3)CC2)cc1[N+](=O)[O-]. The fourth-order valence-corrected chi connectivity index (χ4v) is 3.12. The smallest absolute Gasteiger partial charge is 0.338 e. The second-order valence-electron chi connectivity index (χ2n) is 7.00. The standard InChI is InChI=1S/C21H22N4O6/c1-15-7-8-16(13-18(15)25(29)30)20(27)31-14-19(26)23-9-11-24(12-10-23)21(28)22-17-5-3-2-4-6-17/h2-8,13H,9-12,14H2,1H3,(H,22,28). The van der Waals surface area contributed by atoms with Gasteiger partial charge in [-0.1, -0.05) is 24.3 Å². The van der Waals surface area contributed by atoms with Gasteiger partial charge in [-0.25, -0.2) is 9.59 Å². The molecule has 10 heteroatoms. The topological polar surface area (TPSA) is 122 Å². The number of urea groups is 1. The Morgan fingerprint density at radius 1 is 1.03 bits per heavy atom. The number of esters is 1. The molecule has 1 heterocycles. The molecule has 0 bridgehead atoms. The molecule has 1 aliphatic rings. The first-order valence-corrected chi connectivity index (χ1v) is 9.66. The third-order valence-electron chi connectivity index (χ3n) is 4.91. The van der Waals surface area contributed by atoms with Crippen molar-refractivity contribution in [3.8, 4) is 0 Å². The number of rotatable bonds is 5. The lowest BCUT2D eigenvalue weighted by Crippen LogP contribution is -2.52. The highest BCUT2D eigenvalue weighted by molar-refractivity contribution is 5.92. The fourth-order valence-electron chi connectivity index (χ4n) is 3.12. The molecule has 162 valence electrons. The first-order chi connectivity index (χ1) is 14.8. The summed E-state index contributed by atoms with van der Waals surface area (Å²) in [4.78, 5) is 50.4. The highest BCUT2D eigenvalue weighted by Crippen LogP contribution is 2.19. The highest BCUT2D eigenvalue weighted by atomic mass is 16.6. The van der Waals surface area contributed by atoms with Gasteiger partial charge in [-0.05, 0) is 25.1 Å². The van der Waals surface area contributed by atoms with Crippen molar-refractivity contribution in [2.24, 2.45) is 0 Å². The third-order valence-corrected chi connectivity index (χ3v) is 4.91. The molecule has 0 atom stereocenters. The molecule has 0 radical (unpaired) electrons. The zero-order chi connectivity index (χ0) is 22.4. The summed E-state index contributed by atoms with van der Waals surface area (Å²) in [6.07, 6.45) is 0. The van der Waals surface area contributed by atoms with Gasteiger partial charge in [0.25, 0.3) is 11.6 Å². The van der Waals surface area contributed by atoms with Gasteiger partial charge < -0.3 is 19.9 Å². The van der Waals surface area contributed by atoms with E-state index in [0.29, 0.717) is 37.4 Å². The molecule has 1 aliphatic heterocycles. The number of nitro groups is 1. The van der Waals surface area contributed by atoms with Crippen LogP contribution in [0.15, 0.2) is 48.5 Å². The second-order valence-corrected chi connectivity index (χ2v) is 7.00.